The van der Waals surface area contributed by atoms with Gasteiger partial charge in [-0.15, -0.1) is 0 Å². The minimum atomic E-state index is -3.47. The van der Waals surface area contributed by atoms with Crippen molar-refractivity contribution in [1.29, 1.82) is 0 Å². The van der Waals surface area contributed by atoms with E-state index in [4.69, 9.17) is 4.74 Å². The number of fused-ring (bicyclic) bond motifs is 1. The fourth-order valence-electron chi connectivity index (χ4n) is 3.53. The molecule has 2 aromatic rings. The van der Waals surface area contributed by atoms with Gasteiger partial charge in [-0.1, -0.05) is 37.3 Å². The molecule has 0 radical (unpaired) electrons. The molecule has 6 nitrogen and oxygen atoms in total. The van der Waals surface area contributed by atoms with Crippen molar-refractivity contribution in [3.8, 4) is 5.75 Å². The number of hydrogen-bond donors (Lipinski definition) is 1. The molecule has 0 spiro atoms. The zero-order chi connectivity index (χ0) is 21.2. The number of benzene rings is 2. The quantitative estimate of drug-likeness (QED) is 0.810. The van der Waals surface area contributed by atoms with Crippen LogP contribution in [0.5, 0.6) is 5.75 Å². The summed E-state index contributed by atoms with van der Waals surface area (Å²) in [7, 11) is -3.47. The molecule has 1 heterocycles. The second-order valence-electron chi connectivity index (χ2n) is 7.51. The van der Waals surface area contributed by atoms with Gasteiger partial charge in [-0.2, -0.15) is 0 Å². The van der Waals surface area contributed by atoms with Gasteiger partial charge in [0, 0.05) is 13.0 Å². The summed E-state index contributed by atoms with van der Waals surface area (Å²) in [6.45, 7) is 6.32. The number of carbonyl (C=O) groups is 1. The minimum Gasteiger partial charge on any atom is -0.478 e. The molecule has 7 heteroatoms. The smallest absolute Gasteiger partial charge is 0.261 e. The first kappa shape index (κ1) is 21.2. The SMILES string of the molecule is CCC(NC(=O)C1CCN(S(C)(=O)=O)c2ccccc2O1)c1ccc(C)c(C)c1. The van der Waals surface area contributed by atoms with Gasteiger partial charge in [0.25, 0.3) is 5.91 Å². The lowest BCUT2D eigenvalue weighted by molar-refractivity contribution is -0.128. The predicted molar refractivity (Wildman–Crippen MR) is 115 cm³/mol. The zero-order valence-corrected chi connectivity index (χ0v) is 18.1. The van der Waals surface area contributed by atoms with E-state index in [9.17, 15) is 13.2 Å². The van der Waals surface area contributed by atoms with Crippen molar-refractivity contribution in [2.45, 2.75) is 45.8 Å². The minimum absolute atomic E-state index is 0.130. The molecule has 0 aromatic heterocycles. The number of ether oxygens (including phenoxy) is 1. The molecule has 3 rings (SSSR count). The lowest BCUT2D eigenvalue weighted by atomic mass is 9.99. The lowest BCUT2D eigenvalue weighted by Crippen LogP contribution is -2.41. The average Bonchev–Trinajstić information content (AvgIpc) is 2.88. The normalized spacial score (nSPS) is 17.7. The Kier molecular flexibility index (Phi) is 6.17. The van der Waals surface area contributed by atoms with E-state index in [1.165, 1.54) is 15.4 Å². The lowest BCUT2D eigenvalue weighted by Gasteiger charge is -2.22. The molecule has 0 fully saturated rings. The Balaban J connectivity index is 1.81. The van der Waals surface area contributed by atoms with Crippen molar-refractivity contribution >= 4 is 21.6 Å². The van der Waals surface area contributed by atoms with Crippen LogP contribution in [0.15, 0.2) is 42.5 Å². The van der Waals surface area contributed by atoms with Gasteiger partial charge < -0.3 is 10.1 Å². The van der Waals surface area contributed by atoms with E-state index in [-0.39, 0.29) is 24.9 Å². The third-order valence-electron chi connectivity index (χ3n) is 5.35. The van der Waals surface area contributed by atoms with E-state index in [1.807, 2.05) is 13.0 Å². The summed E-state index contributed by atoms with van der Waals surface area (Å²) < 4.78 is 31.7. The van der Waals surface area contributed by atoms with Crippen molar-refractivity contribution in [3.63, 3.8) is 0 Å². The number of nitrogens with one attached hydrogen (secondary N) is 1. The number of aryl methyl sites for hydroxylation is 2. The Morgan fingerprint density at radius 3 is 2.59 bits per heavy atom. The predicted octanol–water partition coefficient (Wildman–Crippen LogP) is 3.49. The number of para-hydroxylation sites is 2. The van der Waals surface area contributed by atoms with Crippen LogP contribution < -0.4 is 14.4 Å². The van der Waals surface area contributed by atoms with Crippen LogP contribution in [0.3, 0.4) is 0 Å². The Morgan fingerprint density at radius 1 is 1.21 bits per heavy atom. The van der Waals surface area contributed by atoms with Crippen LogP contribution in [-0.2, 0) is 14.8 Å². The molecule has 156 valence electrons. The topological polar surface area (TPSA) is 75.7 Å². The molecule has 0 saturated carbocycles. The van der Waals surface area contributed by atoms with Crippen molar-refractivity contribution in [1.82, 2.24) is 5.32 Å². The first-order valence-corrected chi connectivity index (χ1v) is 11.7. The number of anilines is 1. The summed E-state index contributed by atoms with van der Waals surface area (Å²) in [4.78, 5) is 13.0. The molecule has 2 aromatic carbocycles. The van der Waals surface area contributed by atoms with Gasteiger partial charge in [0.1, 0.15) is 5.75 Å². The van der Waals surface area contributed by atoms with Crippen molar-refractivity contribution < 1.29 is 17.9 Å². The summed E-state index contributed by atoms with van der Waals surface area (Å²) >= 11 is 0. The number of rotatable bonds is 5. The van der Waals surface area contributed by atoms with Crippen LogP contribution >= 0.6 is 0 Å². The largest absolute Gasteiger partial charge is 0.478 e. The molecule has 2 atom stereocenters. The van der Waals surface area contributed by atoms with Crippen LogP contribution in [0.4, 0.5) is 5.69 Å². The summed E-state index contributed by atoms with van der Waals surface area (Å²) in [6.07, 6.45) is 1.42. The summed E-state index contributed by atoms with van der Waals surface area (Å²) in [5, 5.41) is 3.08. The molecule has 1 aliphatic rings. The molecule has 1 aliphatic heterocycles. The zero-order valence-electron chi connectivity index (χ0n) is 17.3. The van der Waals surface area contributed by atoms with Crippen LogP contribution in [-0.4, -0.2) is 33.2 Å². The van der Waals surface area contributed by atoms with E-state index in [2.05, 4.69) is 31.3 Å². The maximum Gasteiger partial charge on any atom is 0.261 e. The van der Waals surface area contributed by atoms with Crippen LogP contribution in [0.25, 0.3) is 0 Å². The first-order chi connectivity index (χ1) is 13.7. The Labute approximate surface area is 172 Å². The number of carbonyl (C=O) groups excluding carboxylic acids is 1. The standard InChI is InChI=1S/C22H28N2O4S/c1-5-18(17-11-10-15(2)16(3)14-17)23-22(25)21-12-13-24(29(4,26)27)19-8-6-7-9-20(19)28-21/h6-11,14,18,21H,5,12-13H2,1-4H3,(H,23,25). The van der Waals surface area contributed by atoms with E-state index >= 15 is 0 Å². The number of hydrogen-bond acceptors (Lipinski definition) is 4. The summed E-state index contributed by atoms with van der Waals surface area (Å²) in [5.41, 5.74) is 3.90. The highest BCUT2D eigenvalue weighted by Gasteiger charge is 2.31. The molecular weight excluding hydrogens is 388 g/mol. The van der Waals surface area contributed by atoms with Crippen LogP contribution in [0, 0.1) is 13.8 Å². The van der Waals surface area contributed by atoms with Crippen molar-refractivity contribution in [2.24, 2.45) is 0 Å². The molecule has 1 amide bonds. The molecule has 0 bridgehead atoms. The molecule has 29 heavy (non-hydrogen) atoms. The highest BCUT2D eigenvalue weighted by molar-refractivity contribution is 7.92. The Morgan fingerprint density at radius 2 is 1.93 bits per heavy atom. The van der Waals surface area contributed by atoms with Crippen LogP contribution in [0.1, 0.15) is 42.5 Å². The molecular formula is C22H28N2O4S. The van der Waals surface area contributed by atoms with Gasteiger partial charge >= 0.3 is 0 Å². The van der Waals surface area contributed by atoms with Crippen molar-refractivity contribution in [3.05, 3.63) is 59.2 Å². The number of sulfonamides is 1. The third kappa shape index (κ3) is 4.72. The summed E-state index contributed by atoms with van der Waals surface area (Å²) in [6, 6.07) is 13.0. The second-order valence-corrected chi connectivity index (χ2v) is 9.42. The van der Waals surface area contributed by atoms with Gasteiger partial charge in [-0.25, -0.2) is 8.42 Å². The average molecular weight is 417 g/mol. The van der Waals surface area contributed by atoms with Crippen molar-refractivity contribution in [2.75, 3.05) is 17.1 Å². The highest BCUT2D eigenvalue weighted by Crippen LogP contribution is 2.34. The molecule has 0 saturated heterocycles. The van der Waals surface area contributed by atoms with Gasteiger partial charge in [0.15, 0.2) is 6.10 Å². The third-order valence-corrected chi connectivity index (χ3v) is 6.53. The molecule has 2 unspecified atom stereocenters. The molecule has 0 aliphatic carbocycles. The number of nitrogens with zero attached hydrogens (tertiary/aromatic N) is 1. The fourth-order valence-corrected chi connectivity index (χ4v) is 4.47. The van der Waals surface area contributed by atoms with Gasteiger partial charge in [0.2, 0.25) is 10.0 Å². The maximum atomic E-state index is 13.0. The summed E-state index contributed by atoms with van der Waals surface area (Å²) in [5.74, 6) is 0.162. The van der Waals surface area contributed by atoms with E-state index in [0.29, 0.717) is 11.4 Å². The van der Waals surface area contributed by atoms with Gasteiger partial charge in [-0.3, -0.25) is 9.10 Å². The number of amides is 1. The monoisotopic (exact) mass is 416 g/mol. The van der Waals surface area contributed by atoms with E-state index in [0.717, 1.165) is 18.2 Å². The Bertz CT molecular complexity index is 1000. The van der Waals surface area contributed by atoms with E-state index < -0.39 is 16.1 Å². The van der Waals surface area contributed by atoms with Gasteiger partial charge in [0.05, 0.1) is 18.0 Å². The Hall–Kier alpha value is -2.54. The molecule has 1 N–H and O–H groups in total. The fraction of sp³-hybridized carbons (Fsp3) is 0.409. The van der Waals surface area contributed by atoms with E-state index in [1.54, 1.807) is 24.3 Å². The van der Waals surface area contributed by atoms with Crippen LogP contribution in [0.2, 0.25) is 0 Å². The maximum absolute atomic E-state index is 13.0. The highest BCUT2D eigenvalue weighted by atomic mass is 32.2. The first-order valence-electron chi connectivity index (χ1n) is 9.81. The van der Waals surface area contributed by atoms with Gasteiger partial charge in [-0.05, 0) is 49.1 Å². The second kappa shape index (κ2) is 8.45.